The molecule has 0 N–H and O–H groups in total. The number of piperazine rings is 1. The summed E-state index contributed by atoms with van der Waals surface area (Å²) in [6.07, 6.45) is 0. The Labute approximate surface area is 131 Å². The molecule has 1 saturated heterocycles. The number of benzene rings is 1. The Morgan fingerprint density at radius 1 is 1.26 bits per heavy atom. The molecule has 1 amide bonds. The highest BCUT2D eigenvalue weighted by Gasteiger charge is 2.23. The van der Waals surface area contributed by atoms with E-state index in [-0.39, 0.29) is 5.91 Å². The van der Waals surface area contributed by atoms with Crippen molar-refractivity contribution in [1.29, 1.82) is 0 Å². The van der Waals surface area contributed by atoms with Crippen molar-refractivity contribution in [3.05, 3.63) is 33.3 Å². The second-order valence-corrected chi connectivity index (χ2v) is 6.12. The molecule has 0 bridgehead atoms. The van der Waals surface area contributed by atoms with Crippen molar-refractivity contribution in [1.82, 2.24) is 9.80 Å². The van der Waals surface area contributed by atoms with Crippen LogP contribution in [0.15, 0.2) is 22.7 Å². The van der Waals surface area contributed by atoms with E-state index in [1.165, 1.54) is 0 Å². The molecule has 1 fully saturated rings. The van der Waals surface area contributed by atoms with E-state index in [9.17, 15) is 4.79 Å². The molecule has 1 aliphatic heterocycles. The fraction of sp³-hybridized carbons (Fsp3) is 0.462. The number of hydrogen-bond acceptors (Lipinski definition) is 2. The van der Waals surface area contributed by atoms with Crippen LogP contribution in [-0.4, -0.2) is 54.3 Å². The first kappa shape index (κ1) is 15.1. The average Bonchev–Trinajstić information content (AvgIpc) is 2.42. The van der Waals surface area contributed by atoms with Gasteiger partial charge in [-0.3, -0.25) is 9.69 Å². The first-order chi connectivity index (χ1) is 9.11. The second-order valence-electron chi connectivity index (χ2n) is 4.45. The lowest BCUT2D eigenvalue weighted by Crippen LogP contribution is -2.49. The van der Waals surface area contributed by atoms with Gasteiger partial charge in [-0.1, -0.05) is 11.6 Å². The molecule has 1 aromatic rings. The minimum absolute atomic E-state index is 0.0277. The average molecular weight is 366 g/mol. The summed E-state index contributed by atoms with van der Waals surface area (Å²) in [6, 6.07) is 5.28. The monoisotopic (exact) mass is 364 g/mol. The highest BCUT2D eigenvalue weighted by molar-refractivity contribution is 9.10. The Hall–Kier alpha value is -0.290. The van der Waals surface area contributed by atoms with Crippen molar-refractivity contribution in [2.75, 3.05) is 38.6 Å². The van der Waals surface area contributed by atoms with Crippen LogP contribution in [0.2, 0.25) is 5.02 Å². The van der Waals surface area contributed by atoms with Gasteiger partial charge in [-0.05, 0) is 34.1 Å². The van der Waals surface area contributed by atoms with E-state index >= 15 is 0 Å². The molecule has 1 aliphatic rings. The van der Waals surface area contributed by atoms with Crippen LogP contribution in [0.25, 0.3) is 0 Å². The molecule has 1 heterocycles. The quantitative estimate of drug-likeness (QED) is 0.768. The fourth-order valence-electron chi connectivity index (χ4n) is 2.13. The van der Waals surface area contributed by atoms with Gasteiger partial charge in [0.1, 0.15) is 0 Å². The molecule has 0 spiro atoms. The number of halogens is 3. The lowest BCUT2D eigenvalue weighted by molar-refractivity contribution is 0.0643. The summed E-state index contributed by atoms with van der Waals surface area (Å²) in [4.78, 5) is 16.6. The van der Waals surface area contributed by atoms with Gasteiger partial charge >= 0.3 is 0 Å². The predicted octanol–water partition coefficient (Wildman–Crippen LogP) is 3.10. The van der Waals surface area contributed by atoms with Gasteiger partial charge in [0.15, 0.2) is 0 Å². The molecule has 19 heavy (non-hydrogen) atoms. The third-order valence-corrected chi connectivity index (χ3v) is 4.31. The Balaban J connectivity index is 2.03. The molecule has 0 unspecified atom stereocenters. The summed E-state index contributed by atoms with van der Waals surface area (Å²) in [5, 5.41) is 0.576. The first-order valence-electron chi connectivity index (χ1n) is 6.14. The molecular weight excluding hydrogens is 351 g/mol. The fourth-order valence-corrected chi connectivity index (χ4v) is 2.95. The van der Waals surface area contributed by atoms with Gasteiger partial charge in [0.2, 0.25) is 0 Å². The smallest absolute Gasteiger partial charge is 0.255 e. The summed E-state index contributed by atoms with van der Waals surface area (Å²) in [5.41, 5.74) is 0.623. The summed E-state index contributed by atoms with van der Waals surface area (Å²) in [7, 11) is 0. The summed E-state index contributed by atoms with van der Waals surface area (Å²) in [5.74, 6) is 0.660. The minimum Gasteiger partial charge on any atom is -0.336 e. The standard InChI is InChI=1S/C13H15BrCl2N2O/c14-12-2-1-10(16)9-11(12)13(19)18-7-5-17(4-3-15)6-8-18/h1-2,9H,3-8H2. The zero-order valence-corrected chi connectivity index (χ0v) is 13.5. The number of carbonyl (C=O) groups excluding carboxylic acids is 1. The molecule has 0 aliphatic carbocycles. The highest BCUT2D eigenvalue weighted by Crippen LogP contribution is 2.23. The Morgan fingerprint density at radius 2 is 1.95 bits per heavy atom. The molecule has 0 aromatic heterocycles. The molecule has 0 radical (unpaired) electrons. The number of alkyl halides is 1. The Kier molecular flexibility index (Phi) is 5.51. The van der Waals surface area contributed by atoms with Crippen molar-refractivity contribution in [3.8, 4) is 0 Å². The Bertz CT molecular complexity index is 462. The third kappa shape index (κ3) is 3.85. The van der Waals surface area contributed by atoms with Gasteiger partial charge < -0.3 is 4.90 Å². The number of rotatable bonds is 3. The van der Waals surface area contributed by atoms with Crippen molar-refractivity contribution in [2.24, 2.45) is 0 Å². The van der Waals surface area contributed by atoms with E-state index in [0.29, 0.717) is 16.5 Å². The molecule has 6 heteroatoms. The van der Waals surface area contributed by atoms with Crippen LogP contribution in [-0.2, 0) is 0 Å². The lowest BCUT2D eigenvalue weighted by atomic mass is 10.2. The summed E-state index contributed by atoms with van der Waals surface area (Å²) in [6.45, 7) is 4.08. The normalized spacial score (nSPS) is 16.7. The molecule has 104 valence electrons. The van der Waals surface area contributed by atoms with E-state index in [1.54, 1.807) is 18.2 Å². The van der Waals surface area contributed by atoms with Crippen LogP contribution in [0.3, 0.4) is 0 Å². The molecular formula is C13H15BrCl2N2O. The maximum Gasteiger partial charge on any atom is 0.255 e. The van der Waals surface area contributed by atoms with E-state index in [1.807, 2.05) is 4.90 Å². The topological polar surface area (TPSA) is 23.6 Å². The second kappa shape index (κ2) is 6.93. The van der Waals surface area contributed by atoms with Crippen LogP contribution in [0.1, 0.15) is 10.4 Å². The SMILES string of the molecule is O=C(c1cc(Cl)ccc1Br)N1CCN(CCCl)CC1. The number of carbonyl (C=O) groups is 1. The number of amides is 1. The predicted molar refractivity (Wildman–Crippen MR) is 82.2 cm³/mol. The zero-order chi connectivity index (χ0) is 13.8. The largest absolute Gasteiger partial charge is 0.336 e. The van der Waals surface area contributed by atoms with Crippen molar-refractivity contribution in [3.63, 3.8) is 0 Å². The molecule has 0 atom stereocenters. The van der Waals surface area contributed by atoms with Crippen molar-refractivity contribution >= 4 is 45.0 Å². The zero-order valence-electron chi connectivity index (χ0n) is 10.4. The van der Waals surface area contributed by atoms with Crippen LogP contribution < -0.4 is 0 Å². The lowest BCUT2D eigenvalue weighted by Gasteiger charge is -2.34. The van der Waals surface area contributed by atoms with Crippen molar-refractivity contribution in [2.45, 2.75) is 0 Å². The van der Waals surface area contributed by atoms with E-state index in [2.05, 4.69) is 20.8 Å². The van der Waals surface area contributed by atoms with E-state index in [4.69, 9.17) is 23.2 Å². The highest BCUT2D eigenvalue weighted by atomic mass is 79.9. The van der Waals surface area contributed by atoms with Gasteiger partial charge in [0.05, 0.1) is 5.56 Å². The maximum atomic E-state index is 12.4. The first-order valence-corrected chi connectivity index (χ1v) is 7.85. The number of nitrogens with zero attached hydrogens (tertiary/aromatic N) is 2. The molecule has 2 rings (SSSR count). The van der Waals surface area contributed by atoms with Crippen LogP contribution >= 0.6 is 39.1 Å². The van der Waals surface area contributed by atoms with Gasteiger partial charge in [-0.15, -0.1) is 11.6 Å². The van der Waals surface area contributed by atoms with Crippen molar-refractivity contribution < 1.29 is 4.79 Å². The minimum atomic E-state index is 0.0277. The molecule has 0 saturated carbocycles. The molecule has 1 aromatic carbocycles. The van der Waals surface area contributed by atoms with Gasteiger partial charge in [-0.25, -0.2) is 0 Å². The number of hydrogen-bond donors (Lipinski definition) is 0. The summed E-state index contributed by atoms with van der Waals surface area (Å²) < 4.78 is 0.782. The van der Waals surface area contributed by atoms with E-state index in [0.717, 1.165) is 37.2 Å². The third-order valence-electron chi connectivity index (χ3n) is 3.22. The van der Waals surface area contributed by atoms with E-state index < -0.39 is 0 Å². The van der Waals surface area contributed by atoms with Crippen LogP contribution in [0, 0.1) is 0 Å². The van der Waals surface area contributed by atoms with Crippen LogP contribution in [0.4, 0.5) is 0 Å². The van der Waals surface area contributed by atoms with Crippen LogP contribution in [0.5, 0.6) is 0 Å². The van der Waals surface area contributed by atoms with Gasteiger partial charge in [-0.2, -0.15) is 0 Å². The van der Waals surface area contributed by atoms with Gasteiger partial charge in [0.25, 0.3) is 5.91 Å². The van der Waals surface area contributed by atoms with Gasteiger partial charge in [0, 0.05) is 48.1 Å². The maximum absolute atomic E-state index is 12.4. The Morgan fingerprint density at radius 3 is 2.58 bits per heavy atom. The summed E-state index contributed by atoms with van der Waals surface area (Å²) >= 11 is 15.1. The molecule has 3 nitrogen and oxygen atoms in total.